The van der Waals surface area contributed by atoms with Gasteiger partial charge in [0.15, 0.2) is 11.5 Å². The number of rotatable bonds is 5. The van der Waals surface area contributed by atoms with Crippen LogP contribution in [0.5, 0.6) is 11.5 Å². The lowest BCUT2D eigenvalue weighted by Crippen LogP contribution is -2.38. The molecule has 0 spiro atoms. The molecule has 8 nitrogen and oxygen atoms in total. The topological polar surface area (TPSA) is 105 Å². The second kappa shape index (κ2) is 6.86. The molecule has 4 atom stereocenters. The smallest absolute Gasteiger partial charge is 0.309 e. The zero-order chi connectivity index (χ0) is 19.0. The van der Waals surface area contributed by atoms with Gasteiger partial charge in [-0.15, -0.1) is 0 Å². The number of hydrogen-bond donors (Lipinski definition) is 2. The summed E-state index contributed by atoms with van der Waals surface area (Å²) >= 11 is 0. The van der Waals surface area contributed by atoms with Crippen molar-refractivity contribution in [1.29, 1.82) is 0 Å². The van der Waals surface area contributed by atoms with Crippen LogP contribution in [0, 0.1) is 11.8 Å². The summed E-state index contributed by atoms with van der Waals surface area (Å²) in [6, 6.07) is 4.00. The molecule has 0 unspecified atom stereocenters. The SMILES string of the molecule is CNC(=O)[C@H]1[C@@H](C(=O)O)[C@H]2CCC(=O)N2[C@@H]1c1ccc(OC)c(OC)c1. The van der Waals surface area contributed by atoms with Gasteiger partial charge in [0.05, 0.1) is 32.1 Å². The van der Waals surface area contributed by atoms with Crippen LogP contribution in [-0.2, 0) is 14.4 Å². The number of ether oxygens (including phenoxy) is 2. The predicted molar refractivity (Wildman–Crippen MR) is 90.8 cm³/mol. The van der Waals surface area contributed by atoms with Gasteiger partial charge in [-0.3, -0.25) is 14.4 Å². The van der Waals surface area contributed by atoms with Gasteiger partial charge in [-0.05, 0) is 24.1 Å². The molecule has 2 saturated heterocycles. The number of carboxylic acid groups (broad SMARTS) is 1. The first-order chi connectivity index (χ1) is 12.4. The van der Waals surface area contributed by atoms with Gasteiger partial charge in [0.25, 0.3) is 0 Å². The molecule has 0 aromatic heterocycles. The first-order valence-electron chi connectivity index (χ1n) is 8.42. The number of fused-ring (bicyclic) bond motifs is 1. The summed E-state index contributed by atoms with van der Waals surface area (Å²) in [4.78, 5) is 38.5. The van der Waals surface area contributed by atoms with Crippen molar-refractivity contribution >= 4 is 17.8 Å². The summed E-state index contributed by atoms with van der Waals surface area (Å²) < 4.78 is 10.6. The molecule has 2 fully saturated rings. The number of nitrogens with one attached hydrogen (secondary N) is 1. The fraction of sp³-hybridized carbons (Fsp3) is 0.500. The summed E-state index contributed by atoms with van der Waals surface area (Å²) in [6.45, 7) is 0. The molecule has 2 N–H and O–H groups in total. The molecule has 2 heterocycles. The van der Waals surface area contributed by atoms with Gasteiger partial charge in [-0.2, -0.15) is 0 Å². The Hall–Kier alpha value is -2.77. The van der Waals surface area contributed by atoms with Crippen LogP contribution < -0.4 is 14.8 Å². The minimum absolute atomic E-state index is 0.132. The van der Waals surface area contributed by atoms with Gasteiger partial charge in [-0.25, -0.2) is 0 Å². The Morgan fingerprint density at radius 2 is 1.88 bits per heavy atom. The Kier molecular flexibility index (Phi) is 4.76. The molecule has 1 aromatic rings. The van der Waals surface area contributed by atoms with E-state index in [1.54, 1.807) is 23.1 Å². The quantitative estimate of drug-likeness (QED) is 0.803. The first kappa shape index (κ1) is 18.0. The molecule has 0 saturated carbocycles. The highest BCUT2D eigenvalue weighted by Gasteiger charge is 2.59. The number of carbonyl (C=O) groups is 3. The second-order valence-electron chi connectivity index (χ2n) is 6.47. The van der Waals surface area contributed by atoms with Crippen LogP contribution in [0.25, 0.3) is 0 Å². The van der Waals surface area contributed by atoms with E-state index in [4.69, 9.17) is 9.47 Å². The average molecular weight is 362 g/mol. The van der Waals surface area contributed by atoms with Crippen molar-refractivity contribution in [3.05, 3.63) is 23.8 Å². The number of methoxy groups -OCH3 is 2. The number of carbonyl (C=O) groups excluding carboxylic acids is 2. The minimum atomic E-state index is -1.06. The summed E-state index contributed by atoms with van der Waals surface area (Å²) in [5.74, 6) is -2.42. The Morgan fingerprint density at radius 3 is 2.46 bits per heavy atom. The monoisotopic (exact) mass is 362 g/mol. The lowest BCUT2D eigenvalue weighted by Gasteiger charge is -2.27. The van der Waals surface area contributed by atoms with Crippen LogP contribution in [0.2, 0.25) is 0 Å². The van der Waals surface area contributed by atoms with Crippen molar-refractivity contribution in [3.63, 3.8) is 0 Å². The Balaban J connectivity index is 2.13. The average Bonchev–Trinajstić information content (AvgIpc) is 3.18. The third-order valence-electron chi connectivity index (χ3n) is 5.32. The number of carboxylic acids is 1. The number of aliphatic carboxylic acids is 1. The Morgan fingerprint density at radius 1 is 1.19 bits per heavy atom. The number of amides is 2. The fourth-order valence-corrected chi connectivity index (χ4v) is 4.24. The Labute approximate surface area is 151 Å². The number of benzene rings is 1. The van der Waals surface area contributed by atoms with Crippen LogP contribution in [0.1, 0.15) is 24.4 Å². The van der Waals surface area contributed by atoms with Crippen molar-refractivity contribution in [2.75, 3.05) is 21.3 Å². The van der Waals surface area contributed by atoms with Gasteiger partial charge < -0.3 is 24.8 Å². The maximum atomic E-state index is 12.6. The van der Waals surface area contributed by atoms with Gasteiger partial charge >= 0.3 is 5.97 Å². The third-order valence-corrected chi connectivity index (χ3v) is 5.32. The van der Waals surface area contributed by atoms with Crippen molar-refractivity contribution in [1.82, 2.24) is 10.2 Å². The van der Waals surface area contributed by atoms with E-state index in [1.807, 2.05) is 0 Å². The predicted octanol–water partition coefficient (Wildman–Crippen LogP) is 0.813. The van der Waals surface area contributed by atoms with E-state index in [0.29, 0.717) is 29.9 Å². The number of hydrogen-bond acceptors (Lipinski definition) is 5. The summed E-state index contributed by atoms with van der Waals surface area (Å²) in [5.41, 5.74) is 0.653. The van der Waals surface area contributed by atoms with Gasteiger partial charge in [0.1, 0.15) is 0 Å². The minimum Gasteiger partial charge on any atom is -0.493 e. The van der Waals surface area contributed by atoms with E-state index in [1.165, 1.54) is 21.3 Å². The van der Waals surface area contributed by atoms with E-state index < -0.39 is 29.9 Å². The molecule has 140 valence electrons. The van der Waals surface area contributed by atoms with E-state index in [0.717, 1.165) is 0 Å². The lowest BCUT2D eigenvalue weighted by atomic mass is 9.82. The van der Waals surface area contributed by atoms with Crippen molar-refractivity contribution in [2.45, 2.75) is 24.9 Å². The molecule has 2 aliphatic rings. The van der Waals surface area contributed by atoms with Crippen molar-refractivity contribution in [2.24, 2.45) is 11.8 Å². The second-order valence-corrected chi connectivity index (χ2v) is 6.47. The van der Waals surface area contributed by atoms with Crippen LogP contribution >= 0.6 is 0 Å². The number of nitrogens with zero attached hydrogens (tertiary/aromatic N) is 1. The maximum Gasteiger partial charge on any atom is 0.309 e. The summed E-state index contributed by atoms with van der Waals surface area (Å²) in [6.07, 6.45) is 0.728. The van der Waals surface area contributed by atoms with Crippen LogP contribution in [0.15, 0.2) is 18.2 Å². The highest BCUT2D eigenvalue weighted by atomic mass is 16.5. The van der Waals surface area contributed by atoms with Crippen molar-refractivity contribution < 1.29 is 29.0 Å². The molecule has 26 heavy (non-hydrogen) atoms. The zero-order valence-electron chi connectivity index (χ0n) is 14.9. The Bertz CT molecular complexity index is 749. The van der Waals surface area contributed by atoms with Gasteiger partial charge in [-0.1, -0.05) is 6.07 Å². The molecule has 2 amide bonds. The highest BCUT2D eigenvalue weighted by molar-refractivity contribution is 5.90. The van der Waals surface area contributed by atoms with Crippen LogP contribution in [0.4, 0.5) is 0 Å². The zero-order valence-corrected chi connectivity index (χ0v) is 14.9. The summed E-state index contributed by atoms with van der Waals surface area (Å²) in [5, 5.41) is 12.3. The molecule has 3 rings (SSSR count). The standard InChI is InChI=1S/C18H22N2O6/c1-19-17(22)15-14(18(23)24)10-5-7-13(21)20(10)16(15)9-4-6-11(25-2)12(8-9)26-3/h4,6,8,10,14-16H,5,7H2,1-3H3,(H,19,22)(H,23,24)/t10-,14+,15+,16-/m1/s1. The van der Waals surface area contributed by atoms with Crippen molar-refractivity contribution in [3.8, 4) is 11.5 Å². The van der Waals surface area contributed by atoms with E-state index in [9.17, 15) is 19.5 Å². The molecule has 8 heteroatoms. The molecular formula is C18H22N2O6. The van der Waals surface area contributed by atoms with Crippen LogP contribution in [0.3, 0.4) is 0 Å². The first-order valence-corrected chi connectivity index (χ1v) is 8.42. The van der Waals surface area contributed by atoms with Gasteiger partial charge in [0.2, 0.25) is 11.8 Å². The van der Waals surface area contributed by atoms with E-state index in [2.05, 4.69) is 5.32 Å². The van der Waals surface area contributed by atoms with Crippen LogP contribution in [-0.4, -0.2) is 55.1 Å². The largest absolute Gasteiger partial charge is 0.493 e. The third kappa shape index (κ3) is 2.65. The lowest BCUT2D eigenvalue weighted by molar-refractivity contribution is -0.146. The molecule has 1 aromatic carbocycles. The maximum absolute atomic E-state index is 12.6. The van der Waals surface area contributed by atoms with Gasteiger partial charge in [0, 0.05) is 19.5 Å². The molecule has 0 aliphatic carbocycles. The normalized spacial score (nSPS) is 27.2. The highest BCUT2D eigenvalue weighted by Crippen LogP contribution is 2.50. The van der Waals surface area contributed by atoms with E-state index in [-0.39, 0.29) is 11.8 Å². The molecule has 2 aliphatic heterocycles. The fourth-order valence-electron chi connectivity index (χ4n) is 4.24. The summed E-state index contributed by atoms with van der Waals surface area (Å²) in [7, 11) is 4.48. The molecule has 0 bridgehead atoms. The molecular weight excluding hydrogens is 340 g/mol. The van der Waals surface area contributed by atoms with E-state index >= 15 is 0 Å². The molecule has 0 radical (unpaired) electrons.